The average Bonchev–Trinajstić information content (AvgIpc) is 3.38. The number of β-amino-alcohol motifs (C(OH)–C–C–N with tert-alkyl or cyclic N) is 1. The number of carbonyl (C=O) groups excluding carboxylic acids is 2. The van der Waals surface area contributed by atoms with Gasteiger partial charge in [-0.2, -0.15) is 0 Å². The van der Waals surface area contributed by atoms with Crippen LogP contribution in [-0.4, -0.2) is 71.2 Å². The Kier molecular flexibility index (Phi) is 6.49. The lowest BCUT2D eigenvalue weighted by Crippen LogP contribution is -2.51. The first-order chi connectivity index (χ1) is 16.7. The predicted octanol–water partition coefficient (Wildman–Crippen LogP) is 2.82. The van der Waals surface area contributed by atoms with Gasteiger partial charge in [-0.15, -0.1) is 0 Å². The van der Waals surface area contributed by atoms with Gasteiger partial charge in [-0.25, -0.2) is 4.79 Å². The standard InChI is InChI=1S/C27H40N2O6/c1-26-10-8-17(28-35-15-24(32)29-14-18(30)13-22(29)25(33)34-3)12-16(26)4-5-19-20-6-7-23(31)27(20,2)11-9-21(19)26/h12,18-23,30-31H,4-11,13-15H2,1-3H3/b28-17-/t18-,19-,20-,21-,22-,23-,26-,27-/m0/s1. The summed E-state index contributed by atoms with van der Waals surface area (Å²) in [5.41, 5.74) is 2.59. The van der Waals surface area contributed by atoms with E-state index in [0.717, 1.165) is 44.2 Å². The van der Waals surface area contributed by atoms with Crippen molar-refractivity contribution >= 4 is 17.6 Å². The van der Waals surface area contributed by atoms with Crippen LogP contribution in [0.3, 0.4) is 0 Å². The second kappa shape index (κ2) is 9.18. The number of rotatable bonds is 4. The smallest absolute Gasteiger partial charge is 0.328 e. The Morgan fingerprint density at radius 1 is 1.11 bits per heavy atom. The van der Waals surface area contributed by atoms with Crippen molar-refractivity contribution in [3.8, 4) is 0 Å². The molecule has 0 aromatic rings. The van der Waals surface area contributed by atoms with E-state index in [1.807, 2.05) is 0 Å². The molecule has 8 atom stereocenters. The molecule has 1 aliphatic heterocycles. The molecule has 1 amide bonds. The summed E-state index contributed by atoms with van der Waals surface area (Å²) in [7, 11) is 1.28. The van der Waals surface area contributed by atoms with Crippen LogP contribution < -0.4 is 0 Å². The van der Waals surface area contributed by atoms with Gasteiger partial charge < -0.3 is 24.7 Å². The number of hydrogen-bond acceptors (Lipinski definition) is 7. The number of ether oxygens (including phenoxy) is 1. The van der Waals surface area contributed by atoms with Gasteiger partial charge in [0.15, 0.2) is 6.61 Å². The first-order valence-electron chi connectivity index (χ1n) is 13.3. The molecule has 0 bridgehead atoms. The molecule has 1 saturated heterocycles. The number of oxime groups is 1. The van der Waals surface area contributed by atoms with E-state index in [2.05, 4.69) is 25.1 Å². The van der Waals surface area contributed by atoms with E-state index in [-0.39, 0.29) is 42.4 Å². The van der Waals surface area contributed by atoms with Crippen molar-refractivity contribution in [3.05, 3.63) is 11.6 Å². The van der Waals surface area contributed by atoms with Gasteiger partial charge in [0.2, 0.25) is 0 Å². The zero-order chi connectivity index (χ0) is 25.0. The zero-order valence-corrected chi connectivity index (χ0v) is 21.2. The highest BCUT2D eigenvalue weighted by Crippen LogP contribution is 2.65. The first kappa shape index (κ1) is 24.8. The molecule has 8 heteroatoms. The van der Waals surface area contributed by atoms with Crippen molar-refractivity contribution in [1.82, 2.24) is 4.90 Å². The minimum atomic E-state index is -0.773. The molecule has 0 radical (unpaired) electrons. The molecule has 0 aromatic carbocycles. The first-order valence-corrected chi connectivity index (χ1v) is 13.3. The summed E-state index contributed by atoms with van der Waals surface area (Å²) in [5.74, 6) is 1.09. The van der Waals surface area contributed by atoms with Crippen LogP contribution in [0.15, 0.2) is 16.8 Å². The number of allylic oxidation sites excluding steroid dienone is 2. The van der Waals surface area contributed by atoms with Crippen molar-refractivity contribution < 1.29 is 29.4 Å². The molecule has 194 valence electrons. The van der Waals surface area contributed by atoms with Gasteiger partial charge in [0.1, 0.15) is 6.04 Å². The van der Waals surface area contributed by atoms with Gasteiger partial charge in [-0.05, 0) is 86.0 Å². The maximum atomic E-state index is 12.6. The van der Waals surface area contributed by atoms with Crippen LogP contribution in [-0.2, 0) is 19.2 Å². The number of aliphatic hydroxyl groups excluding tert-OH is 2. The lowest BCUT2D eigenvalue weighted by molar-refractivity contribution is -0.152. The van der Waals surface area contributed by atoms with E-state index in [1.165, 1.54) is 30.4 Å². The predicted molar refractivity (Wildman–Crippen MR) is 129 cm³/mol. The number of aliphatic hydroxyl groups is 2. The molecule has 5 rings (SSSR count). The summed E-state index contributed by atoms with van der Waals surface area (Å²) >= 11 is 0. The van der Waals surface area contributed by atoms with E-state index in [4.69, 9.17) is 9.57 Å². The van der Waals surface area contributed by atoms with Crippen molar-refractivity contribution in [2.45, 2.75) is 89.9 Å². The fourth-order valence-corrected chi connectivity index (χ4v) is 8.32. The number of esters is 1. The number of carbonyl (C=O) groups is 2. The summed E-state index contributed by atoms with van der Waals surface area (Å²) in [6.45, 7) is 4.58. The van der Waals surface area contributed by atoms with Crippen LogP contribution in [0.2, 0.25) is 0 Å². The topological polar surface area (TPSA) is 109 Å². The highest BCUT2D eigenvalue weighted by atomic mass is 16.6. The van der Waals surface area contributed by atoms with E-state index in [1.54, 1.807) is 0 Å². The van der Waals surface area contributed by atoms with Gasteiger partial charge >= 0.3 is 5.97 Å². The molecule has 4 aliphatic carbocycles. The van der Waals surface area contributed by atoms with E-state index in [9.17, 15) is 19.8 Å². The molecule has 35 heavy (non-hydrogen) atoms. The van der Waals surface area contributed by atoms with Gasteiger partial charge in [-0.3, -0.25) is 4.79 Å². The third kappa shape index (κ3) is 4.10. The number of nitrogens with zero attached hydrogens (tertiary/aromatic N) is 2. The molecule has 0 unspecified atom stereocenters. The fraction of sp³-hybridized carbons (Fsp3) is 0.815. The second-order valence-electron chi connectivity index (χ2n) is 12.0. The summed E-state index contributed by atoms with van der Waals surface area (Å²) in [6, 6.07) is -0.773. The maximum Gasteiger partial charge on any atom is 0.328 e. The Balaban J connectivity index is 1.23. The normalized spacial score (nSPS) is 43.7. The largest absolute Gasteiger partial charge is 0.467 e. The number of methoxy groups -OCH3 is 1. The Hall–Kier alpha value is -1.93. The fourth-order valence-electron chi connectivity index (χ4n) is 8.32. The number of likely N-dealkylation sites (tertiary alicyclic amines) is 1. The third-order valence-electron chi connectivity index (χ3n) is 10.4. The Bertz CT molecular complexity index is 933. The molecule has 2 N–H and O–H groups in total. The SMILES string of the molecule is COC(=O)[C@@H]1C[C@H](O)CN1C(=O)CO/N=C1\C=C2CC[C@H]3[C@@H]4CC[C@H](O)[C@@]4(C)CC[C@@H]3[C@@]2(C)CC1. The van der Waals surface area contributed by atoms with E-state index >= 15 is 0 Å². The van der Waals surface area contributed by atoms with Crippen molar-refractivity contribution in [2.75, 3.05) is 20.3 Å². The number of fused-ring (bicyclic) bond motifs is 5. The van der Waals surface area contributed by atoms with Crippen LogP contribution in [0.5, 0.6) is 0 Å². The van der Waals surface area contributed by atoms with Crippen LogP contribution in [0.4, 0.5) is 0 Å². The summed E-state index contributed by atoms with van der Waals surface area (Å²) in [6.07, 6.45) is 9.99. The molecule has 0 aromatic heterocycles. The molecular weight excluding hydrogens is 448 g/mol. The van der Waals surface area contributed by atoms with Crippen LogP contribution in [0, 0.1) is 28.6 Å². The van der Waals surface area contributed by atoms with Crippen LogP contribution >= 0.6 is 0 Å². The molecule has 1 heterocycles. The highest BCUT2D eigenvalue weighted by Gasteiger charge is 2.58. The monoisotopic (exact) mass is 488 g/mol. The Morgan fingerprint density at radius 2 is 1.91 bits per heavy atom. The van der Waals surface area contributed by atoms with Gasteiger partial charge in [0.25, 0.3) is 5.91 Å². The van der Waals surface area contributed by atoms with E-state index < -0.39 is 18.1 Å². The van der Waals surface area contributed by atoms with Gasteiger partial charge in [0, 0.05) is 13.0 Å². The molecule has 4 fully saturated rings. The third-order valence-corrected chi connectivity index (χ3v) is 10.4. The quantitative estimate of drug-likeness (QED) is 0.465. The minimum Gasteiger partial charge on any atom is -0.467 e. The summed E-state index contributed by atoms with van der Waals surface area (Å²) in [4.78, 5) is 31.3. The minimum absolute atomic E-state index is 0.0959. The van der Waals surface area contributed by atoms with Crippen LogP contribution in [0.25, 0.3) is 0 Å². The van der Waals surface area contributed by atoms with Gasteiger partial charge in [-0.1, -0.05) is 24.6 Å². The Labute approximate surface area is 207 Å². The second-order valence-corrected chi connectivity index (χ2v) is 12.0. The Morgan fingerprint density at radius 3 is 2.69 bits per heavy atom. The number of hydrogen-bond donors (Lipinski definition) is 2. The highest BCUT2D eigenvalue weighted by molar-refractivity contribution is 5.96. The molecule has 5 aliphatic rings. The number of amides is 1. The van der Waals surface area contributed by atoms with Gasteiger partial charge in [0.05, 0.1) is 25.0 Å². The lowest BCUT2D eigenvalue weighted by Gasteiger charge is -2.57. The van der Waals surface area contributed by atoms with Crippen LogP contribution in [0.1, 0.15) is 71.6 Å². The summed E-state index contributed by atoms with van der Waals surface area (Å²) in [5, 5.41) is 24.8. The average molecular weight is 489 g/mol. The van der Waals surface area contributed by atoms with Crippen molar-refractivity contribution in [1.29, 1.82) is 0 Å². The molecule has 3 saturated carbocycles. The van der Waals surface area contributed by atoms with Crippen molar-refractivity contribution in [2.24, 2.45) is 33.7 Å². The zero-order valence-electron chi connectivity index (χ0n) is 21.2. The molecular formula is C27H40N2O6. The maximum absolute atomic E-state index is 12.6. The van der Waals surface area contributed by atoms with Crippen molar-refractivity contribution in [3.63, 3.8) is 0 Å². The lowest BCUT2D eigenvalue weighted by atomic mass is 9.47. The van der Waals surface area contributed by atoms with E-state index in [0.29, 0.717) is 17.8 Å². The summed E-state index contributed by atoms with van der Waals surface area (Å²) < 4.78 is 4.76. The molecule has 8 nitrogen and oxygen atoms in total. The molecule has 0 spiro atoms.